The Kier molecular flexibility index (Phi) is 7.17. The Balaban J connectivity index is 1.47. The fourth-order valence-corrected chi connectivity index (χ4v) is 4.76. The third-order valence-corrected chi connectivity index (χ3v) is 6.63. The molecule has 0 radical (unpaired) electrons. The van der Waals surface area contributed by atoms with Crippen molar-refractivity contribution in [3.8, 4) is 17.4 Å². The number of methoxy groups -OCH3 is 1. The van der Waals surface area contributed by atoms with Crippen LogP contribution in [0.4, 0.5) is 16.2 Å². The topological polar surface area (TPSA) is 97.4 Å². The molecule has 9 nitrogen and oxygen atoms in total. The highest BCUT2D eigenvalue weighted by molar-refractivity contribution is 7.14. The van der Waals surface area contributed by atoms with Crippen LogP contribution in [0.2, 0.25) is 0 Å². The number of carbonyl (C=O) groups excluding carboxylic acids is 3. The maximum Gasteiger partial charge on any atom is 0.413 e. The molecule has 0 spiro atoms. The van der Waals surface area contributed by atoms with Gasteiger partial charge < -0.3 is 29.3 Å². The molecule has 1 aromatic heterocycles. The fourth-order valence-electron chi connectivity index (χ4n) is 4.09. The van der Waals surface area contributed by atoms with E-state index in [0.29, 0.717) is 41.8 Å². The molecule has 0 aliphatic carbocycles. The van der Waals surface area contributed by atoms with Crippen molar-refractivity contribution < 1.29 is 28.6 Å². The standard InChI is InChI=1S/C24H25N3O6S/c1-4-17-6-8-21(34-17)33-24(30)25-18-14-27(23(29)22(18)31-3)16-5-7-19(15(2)13-16)26-10-12-32-11-9-20(26)28/h1,5-8,13,18,22H,9-12,14H2,2-3H3,(H,25,30). The number of thiophene rings is 1. The minimum atomic E-state index is -0.860. The third kappa shape index (κ3) is 4.92. The Morgan fingerprint density at radius 2 is 2.06 bits per heavy atom. The normalized spacial score (nSPS) is 20.7. The summed E-state index contributed by atoms with van der Waals surface area (Å²) < 4.78 is 16.1. The first-order valence-corrected chi connectivity index (χ1v) is 11.6. The number of hydrogen-bond donors (Lipinski definition) is 1. The minimum Gasteiger partial charge on any atom is -0.399 e. The van der Waals surface area contributed by atoms with Crippen LogP contribution in [-0.4, -0.2) is 63.5 Å². The van der Waals surface area contributed by atoms with Gasteiger partial charge in [-0.25, -0.2) is 4.79 Å². The number of nitrogens with zero attached hydrogens (tertiary/aromatic N) is 2. The van der Waals surface area contributed by atoms with Gasteiger partial charge >= 0.3 is 6.09 Å². The Morgan fingerprint density at radius 1 is 1.24 bits per heavy atom. The Labute approximate surface area is 201 Å². The lowest BCUT2D eigenvalue weighted by Crippen LogP contribution is -2.45. The molecule has 34 heavy (non-hydrogen) atoms. The second kappa shape index (κ2) is 10.3. The molecule has 2 atom stereocenters. The largest absolute Gasteiger partial charge is 0.413 e. The zero-order valence-corrected chi connectivity index (χ0v) is 19.7. The van der Waals surface area contributed by atoms with Crippen LogP contribution in [0.25, 0.3) is 0 Å². The molecule has 2 aliphatic rings. The summed E-state index contributed by atoms with van der Waals surface area (Å²) in [5.74, 6) is 2.22. The van der Waals surface area contributed by atoms with Gasteiger partial charge in [0.2, 0.25) is 5.91 Å². The quantitative estimate of drug-likeness (QED) is 0.656. The maximum atomic E-state index is 13.0. The van der Waals surface area contributed by atoms with Crippen LogP contribution in [0.5, 0.6) is 5.06 Å². The Bertz CT molecular complexity index is 1140. The van der Waals surface area contributed by atoms with Crippen LogP contribution in [0.3, 0.4) is 0 Å². The number of rotatable bonds is 5. The smallest absolute Gasteiger partial charge is 0.399 e. The number of benzene rings is 1. The highest BCUT2D eigenvalue weighted by Crippen LogP contribution is 2.30. The van der Waals surface area contributed by atoms with Gasteiger partial charge in [0.25, 0.3) is 5.91 Å². The number of aryl methyl sites for hydroxylation is 1. The fraction of sp³-hybridized carbons (Fsp3) is 0.375. The second-order valence-electron chi connectivity index (χ2n) is 7.89. The zero-order valence-electron chi connectivity index (χ0n) is 18.9. The molecule has 3 heterocycles. The first-order valence-electron chi connectivity index (χ1n) is 10.8. The van der Waals surface area contributed by atoms with Gasteiger partial charge in [0, 0.05) is 31.6 Å². The summed E-state index contributed by atoms with van der Waals surface area (Å²) >= 11 is 1.18. The lowest BCUT2D eigenvalue weighted by molar-refractivity contribution is -0.126. The van der Waals surface area contributed by atoms with Crippen LogP contribution in [0, 0.1) is 19.3 Å². The van der Waals surface area contributed by atoms with Crippen molar-refractivity contribution in [2.75, 3.05) is 43.2 Å². The molecule has 2 unspecified atom stereocenters. The lowest BCUT2D eigenvalue weighted by Gasteiger charge is -2.24. The summed E-state index contributed by atoms with van der Waals surface area (Å²) in [6.45, 7) is 3.48. The van der Waals surface area contributed by atoms with Crippen molar-refractivity contribution in [3.63, 3.8) is 0 Å². The first-order chi connectivity index (χ1) is 16.4. The van der Waals surface area contributed by atoms with Gasteiger partial charge in [-0.1, -0.05) is 17.3 Å². The number of ether oxygens (including phenoxy) is 3. The van der Waals surface area contributed by atoms with Crippen LogP contribution >= 0.6 is 11.3 Å². The maximum absolute atomic E-state index is 13.0. The molecule has 2 aliphatic heterocycles. The van der Waals surface area contributed by atoms with E-state index in [1.54, 1.807) is 28.0 Å². The summed E-state index contributed by atoms with van der Waals surface area (Å²) in [6, 6.07) is 8.17. The molecular weight excluding hydrogens is 458 g/mol. The summed E-state index contributed by atoms with van der Waals surface area (Å²) in [6.07, 6.45) is 4.12. The van der Waals surface area contributed by atoms with E-state index in [1.165, 1.54) is 18.4 Å². The van der Waals surface area contributed by atoms with Gasteiger partial charge in [0.15, 0.2) is 11.2 Å². The molecule has 2 fully saturated rings. The molecule has 178 valence electrons. The van der Waals surface area contributed by atoms with Crippen molar-refractivity contribution in [2.45, 2.75) is 25.5 Å². The van der Waals surface area contributed by atoms with Gasteiger partial charge in [-0.2, -0.15) is 0 Å². The highest BCUT2D eigenvalue weighted by Gasteiger charge is 2.42. The van der Waals surface area contributed by atoms with Crippen molar-refractivity contribution in [3.05, 3.63) is 40.8 Å². The third-order valence-electron chi connectivity index (χ3n) is 5.73. The van der Waals surface area contributed by atoms with Crippen LogP contribution in [0.1, 0.15) is 16.9 Å². The molecule has 0 saturated carbocycles. The number of carbonyl (C=O) groups is 3. The lowest BCUT2D eigenvalue weighted by atomic mass is 10.1. The van der Waals surface area contributed by atoms with Gasteiger partial charge in [-0.15, -0.1) is 6.42 Å². The van der Waals surface area contributed by atoms with Gasteiger partial charge in [-0.3, -0.25) is 9.59 Å². The molecule has 1 N–H and O–H groups in total. The average Bonchev–Trinajstić information content (AvgIpc) is 3.32. The monoisotopic (exact) mass is 483 g/mol. The van der Waals surface area contributed by atoms with E-state index in [0.717, 1.165) is 11.3 Å². The summed E-state index contributed by atoms with van der Waals surface area (Å²) in [5, 5.41) is 3.08. The van der Waals surface area contributed by atoms with Gasteiger partial charge in [0.1, 0.15) is 0 Å². The molecule has 10 heteroatoms. The number of nitrogens with one attached hydrogen (secondary N) is 1. The van der Waals surface area contributed by atoms with E-state index in [4.69, 9.17) is 20.6 Å². The van der Waals surface area contributed by atoms with E-state index in [9.17, 15) is 14.4 Å². The predicted octanol–water partition coefficient (Wildman–Crippen LogP) is 2.31. The summed E-state index contributed by atoms with van der Waals surface area (Å²) in [5.41, 5.74) is 2.29. The molecule has 0 bridgehead atoms. The summed E-state index contributed by atoms with van der Waals surface area (Å²) in [7, 11) is 1.42. The van der Waals surface area contributed by atoms with E-state index in [-0.39, 0.29) is 18.4 Å². The Morgan fingerprint density at radius 3 is 2.76 bits per heavy atom. The van der Waals surface area contributed by atoms with Crippen molar-refractivity contribution >= 4 is 40.6 Å². The van der Waals surface area contributed by atoms with Crippen LogP contribution < -0.4 is 19.9 Å². The van der Waals surface area contributed by atoms with Crippen LogP contribution in [0.15, 0.2) is 30.3 Å². The van der Waals surface area contributed by atoms with E-state index < -0.39 is 18.2 Å². The molecule has 2 saturated heterocycles. The van der Waals surface area contributed by atoms with Crippen molar-refractivity contribution in [1.82, 2.24) is 5.32 Å². The Hall–Kier alpha value is -3.39. The zero-order chi connectivity index (χ0) is 24.2. The molecule has 4 rings (SSSR count). The van der Waals surface area contributed by atoms with Crippen molar-refractivity contribution in [2.24, 2.45) is 0 Å². The number of anilines is 2. The predicted molar refractivity (Wildman–Crippen MR) is 127 cm³/mol. The molecule has 2 aromatic rings. The number of terminal acetylenes is 1. The SMILES string of the molecule is C#Cc1ccc(OC(=O)NC2CN(c3ccc(N4CCOCCC4=O)c(C)c3)C(=O)C2OC)s1. The molecule has 3 amide bonds. The average molecular weight is 484 g/mol. The molecular formula is C24H25N3O6S. The highest BCUT2D eigenvalue weighted by atomic mass is 32.1. The van der Waals surface area contributed by atoms with E-state index in [2.05, 4.69) is 11.2 Å². The van der Waals surface area contributed by atoms with E-state index >= 15 is 0 Å². The minimum absolute atomic E-state index is 0.00734. The van der Waals surface area contributed by atoms with Crippen LogP contribution in [-0.2, 0) is 19.1 Å². The number of hydrogen-bond acceptors (Lipinski definition) is 7. The summed E-state index contributed by atoms with van der Waals surface area (Å²) in [4.78, 5) is 41.8. The van der Waals surface area contributed by atoms with Crippen molar-refractivity contribution in [1.29, 1.82) is 0 Å². The second-order valence-corrected chi connectivity index (χ2v) is 8.93. The number of amides is 3. The van der Waals surface area contributed by atoms with Gasteiger partial charge in [0.05, 0.1) is 30.6 Å². The first kappa shape index (κ1) is 23.8. The molecule has 1 aromatic carbocycles. The van der Waals surface area contributed by atoms with Gasteiger partial charge in [-0.05, 0) is 42.8 Å². The van der Waals surface area contributed by atoms with E-state index in [1.807, 2.05) is 19.1 Å².